The smallest absolute Gasteiger partial charge is 0.311 e. The van der Waals surface area contributed by atoms with Crippen molar-refractivity contribution in [3.05, 3.63) is 35.9 Å². The fourth-order valence-corrected chi connectivity index (χ4v) is 7.45. The second kappa shape index (κ2) is 16.5. The lowest BCUT2D eigenvalue weighted by molar-refractivity contribution is -0.302. The van der Waals surface area contributed by atoms with Crippen LogP contribution in [0.5, 0.6) is 0 Å². The zero-order chi connectivity index (χ0) is 34.5. The first-order valence-corrected chi connectivity index (χ1v) is 16.9. The first-order chi connectivity index (χ1) is 21.6. The molecule has 1 aromatic rings. The minimum atomic E-state index is -1.22. The topological polar surface area (TPSA) is 135 Å². The lowest BCUT2D eigenvalue weighted by Crippen LogP contribution is -2.60. The zero-order valence-corrected chi connectivity index (χ0v) is 29.5. The van der Waals surface area contributed by atoms with Crippen molar-refractivity contribution in [1.29, 1.82) is 0 Å². The van der Waals surface area contributed by atoms with Crippen LogP contribution in [-0.2, 0) is 35.1 Å². The molecule has 0 radical (unpaired) electrons. The number of nitrogens with zero attached hydrogens (tertiary/aromatic N) is 1. The maximum absolute atomic E-state index is 13.7. The molecular formula is C36H59NO9. The van der Waals surface area contributed by atoms with E-state index in [-0.39, 0.29) is 24.3 Å². The number of carbonyl (C=O) groups is 2. The van der Waals surface area contributed by atoms with Crippen LogP contribution in [0.15, 0.2) is 30.3 Å². The van der Waals surface area contributed by atoms with Gasteiger partial charge in [0, 0.05) is 43.4 Å². The van der Waals surface area contributed by atoms with E-state index in [1.54, 1.807) is 34.6 Å². The highest BCUT2D eigenvalue weighted by atomic mass is 16.7. The Balaban J connectivity index is 1.99. The molecule has 46 heavy (non-hydrogen) atoms. The summed E-state index contributed by atoms with van der Waals surface area (Å²) in [6, 6.07) is 9.73. The predicted octanol–water partition coefficient (Wildman–Crippen LogP) is 3.97. The third-order valence-corrected chi connectivity index (χ3v) is 10.7. The summed E-state index contributed by atoms with van der Waals surface area (Å²) in [6.45, 7) is 14.9. The number of ether oxygens (including phenoxy) is 4. The molecule has 2 fully saturated rings. The van der Waals surface area contributed by atoms with E-state index in [9.17, 15) is 24.9 Å². The van der Waals surface area contributed by atoms with Gasteiger partial charge in [0.15, 0.2) is 6.29 Å². The highest BCUT2D eigenvalue weighted by molar-refractivity contribution is 5.83. The summed E-state index contributed by atoms with van der Waals surface area (Å²) in [6.07, 6.45) is -4.90. The van der Waals surface area contributed by atoms with Crippen molar-refractivity contribution >= 4 is 11.8 Å². The number of carbonyl (C=O) groups excluding carboxylic acids is 2. The van der Waals surface area contributed by atoms with Gasteiger partial charge in [0.1, 0.15) is 18.0 Å². The zero-order valence-electron chi connectivity index (χ0n) is 29.5. The minimum absolute atomic E-state index is 0.147. The average Bonchev–Trinajstić information content (AvgIpc) is 3.04. The van der Waals surface area contributed by atoms with Crippen molar-refractivity contribution in [1.82, 2.24) is 4.90 Å². The molecule has 3 N–H and O–H groups in total. The summed E-state index contributed by atoms with van der Waals surface area (Å²) in [5, 5.41) is 34.5. The average molecular weight is 650 g/mol. The molecule has 10 heteroatoms. The molecule has 0 amide bonds. The van der Waals surface area contributed by atoms with Crippen LogP contribution < -0.4 is 0 Å². The largest absolute Gasteiger partial charge is 0.462 e. The number of benzene rings is 1. The fourth-order valence-electron chi connectivity index (χ4n) is 7.45. The minimum Gasteiger partial charge on any atom is -0.462 e. The predicted molar refractivity (Wildman–Crippen MR) is 175 cm³/mol. The van der Waals surface area contributed by atoms with Gasteiger partial charge >= 0.3 is 5.97 Å². The van der Waals surface area contributed by atoms with Gasteiger partial charge in [-0.25, -0.2) is 0 Å². The van der Waals surface area contributed by atoms with Crippen LogP contribution in [0, 0.1) is 29.6 Å². The van der Waals surface area contributed by atoms with Crippen LogP contribution in [0.3, 0.4) is 0 Å². The SMILES string of the molecule is CC[C@H]1OC(=O)[C@H](C)[C@@H](O)[C@H](C)[C@@H](O[C@@H]2O[C@H](C)C[C@H](N(C)Cc3ccccc3)[C@H]2O)[C@@](C)(OC)C[C@@H](C)C(=O)[C@H](C)[C@@H](O)[C@H]1C. The first kappa shape index (κ1) is 38.5. The number of aliphatic hydroxyl groups excluding tert-OH is 3. The van der Waals surface area contributed by atoms with Crippen molar-refractivity contribution < 1.29 is 43.9 Å². The van der Waals surface area contributed by atoms with Gasteiger partial charge < -0.3 is 34.3 Å². The van der Waals surface area contributed by atoms with Crippen molar-refractivity contribution in [2.24, 2.45) is 29.6 Å². The molecular weight excluding hydrogens is 590 g/mol. The van der Waals surface area contributed by atoms with Gasteiger partial charge in [-0.15, -0.1) is 0 Å². The van der Waals surface area contributed by atoms with E-state index in [4.69, 9.17) is 18.9 Å². The van der Waals surface area contributed by atoms with Crippen LogP contribution >= 0.6 is 0 Å². The van der Waals surface area contributed by atoms with E-state index < -0.39 is 78.0 Å². The number of Topliss-reactive ketones (excluding diaryl/α,β-unsaturated/α-hetero) is 1. The molecule has 14 atom stereocenters. The standard InChI is InChI=1S/C36H59NO9/c1-11-28-22(4)30(39)23(5)29(38)20(2)18-36(8,43-10)33(24(6)31(40)25(7)34(42)45-28)46-35-32(41)27(17-21(3)44-35)37(9)19-26-15-13-12-14-16-26/h12-16,20-25,27-28,30-33,35,39-41H,11,17-19H2,1-10H3/t20-,21-,22+,23+,24+,25-,27+,28-,30+,31+,32-,33-,35+,36+/m1/s1. The van der Waals surface area contributed by atoms with E-state index in [0.717, 1.165) is 5.56 Å². The van der Waals surface area contributed by atoms with Crippen molar-refractivity contribution in [2.75, 3.05) is 14.2 Å². The Kier molecular flexibility index (Phi) is 13.8. The molecule has 2 aliphatic heterocycles. The summed E-state index contributed by atoms with van der Waals surface area (Å²) >= 11 is 0. The van der Waals surface area contributed by atoms with Crippen LogP contribution in [0.1, 0.15) is 80.2 Å². The molecule has 262 valence electrons. The van der Waals surface area contributed by atoms with Crippen molar-refractivity contribution in [3.8, 4) is 0 Å². The van der Waals surface area contributed by atoms with E-state index in [1.165, 1.54) is 7.11 Å². The number of hydrogen-bond donors (Lipinski definition) is 3. The monoisotopic (exact) mass is 649 g/mol. The summed E-state index contributed by atoms with van der Waals surface area (Å²) in [5.74, 6) is -4.13. The number of hydrogen-bond acceptors (Lipinski definition) is 10. The number of rotatable bonds is 7. The van der Waals surface area contributed by atoms with Crippen LogP contribution in [0.25, 0.3) is 0 Å². The second-order valence-electron chi connectivity index (χ2n) is 14.3. The third-order valence-electron chi connectivity index (χ3n) is 10.7. The Hall–Kier alpha value is -1.92. The molecule has 0 saturated carbocycles. The van der Waals surface area contributed by atoms with Gasteiger partial charge in [0.2, 0.25) is 0 Å². The van der Waals surface area contributed by atoms with Gasteiger partial charge in [-0.2, -0.15) is 0 Å². The van der Waals surface area contributed by atoms with Crippen LogP contribution in [0.2, 0.25) is 0 Å². The van der Waals surface area contributed by atoms with Crippen LogP contribution in [-0.4, -0.2) is 101 Å². The number of ketones is 1. The molecule has 0 spiro atoms. The molecule has 1 aromatic carbocycles. The van der Waals surface area contributed by atoms with Gasteiger partial charge in [-0.1, -0.05) is 65.0 Å². The van der Waals surface area contributed by atoms with Gasteiger partial charge in [-0.05, 0) is 52.6 Å². The van der Waals surface area contributed by atoms with E-state index >= 15 is 0 Å². The fraction of sp³-hybridized carbons (Fsp3) is 0.778. The summed E-state index contributed by atoms with van der Waals surface area (Å²) in [5.41, 5.74) is -0.0390. The third kappa shape index (κ3) is 8.75. The van der Waals surface area contributed by atoms with E-state index in [0.29, 0.717) is 19.4 Å². The molecule has 2 heterocycles. The molecule has 0 aromatic heterocycles. The number of esters is 1. The summed E-state index contributed by atoms with van der Waals surface area (Å²) in [7, 11) is 3.49. The Morgan fingerprint density at radius 3 is 2.13 bits per heavy atom. The molecule has 0 bridgehead atoms. The Morgan fingerprint density at radius 1 is 0.935 bits per heavy atom. The normalized spacial score (nSPS) is 42.0. The Bertz CT molecular complexity index is 1120. The molecule has 3 rings (SSSR count). The number of likely N-dealkylation sites (N-methyl/N-ethyl adjacent to an activating group) is 1. The Labute approximate surface area is 275 Å². The Morgan fingerprint density at radius 2 is 1.54 bits per heavy atom. The highest BCUT2D eigenvalue weighted by Crippen LogP contribution is 2.39. The maximum Gasteiger partial charge on any atom is 0.311 e. The lowest BCUT2D eigenvalue weighted by Gasteiger charge is -2.48. The molecule has 2 aliphatic rings. The van der Waals surface area contributed by atoms with Gasteiger partial charge in [-0.3, -0.25) is 14.5 Å². The summed E-state index contributed by atoms with van der Waals surface area (Å²) in [4.78, 5) is 29.2. The highest BCUT2D eigenvalue weighted by Gasteiger charge is 2.50. The molecule has 0 unspecified atom stereocenters. The summed E-state index contributed by atoms with van der Waals surface area (Å²) < 4.78 is 24.8. The number of cyclic esters (lactones) is 1. The van der Waals surface area contributed by atoms with Crippen molar-refractivity contribution in [3.63, 3.8) is 0 Å². The van der Waals surface area contributed by atoms with E-state index in [2.05, 4.69) is 4.90 Å². The molecule has 0 aliphatic carbocycles. The molecule has 10 nitrogen and oxygen atoms in total. The number of methoxy groups -OCH3 is 1. The maximum atomic E-state index is 13.7. The quantitative estimate of drug-likeness (QED) is 0.373. The second-order valence-corrected chi connectivity index (χ2v) is 14.3. The first-order valence-electron chi connectivity index (χ1n) is 16.9. The van der Waals surface area contributed by atoms with Gasteiger partial charge in [0.25, 0.3) is 0 Å². The molecule has 2 saturated heterocycles. The lowest BCUT2D eigenvalue weighted by atomic mass is 9.74. The van der Waals surface area contributed by atoms with E-state index in [1.807, 2.05) is 58.2 Å². The van der Waals surface area contributed by atoms with Gasteiger partial charge in [0.05, 0.1) is 35.9 Å². The van der Waals surface area contributed by atoms with Crippen molar-refractivity contribution in [2.45, 2.75) is 136 Å². The van der Waals surface area contributed by atoms with Crippen LogP contribution in [0.4, 0.5) is 0 Å². The number of aliphatic hydroxyl groups is 3.